The van der Waals surface area contributed by atoms with E-state index in [2.05, 4.69) is 5.32 Å². The molecule has 6 heteroatoms. The number of nitrogens with one attached hydrogen (secondary N) is 1. The van der Waals surface area contributed by atoms with E-state index < -0.39 is 11.9 Å². The van der Waals surface area contributed by atoms with Crippen molar-refractivity contribution < 1.29 is 19.5 Å². The van der Waals surface area contributed by atoms with Gasteiger partial charge in [-0.2, -0.15) is 0 Å². The maximum absolute atomic E-state index is 11.9. The third-order valence-corrected chi connectivity index (χ3v) is 4.17. The minimum Gasteiger partial charge on any atom is -0.481 e. The second-order valence-corrected chi connectivity index (χ2v) is 6.06. The van der Waals surface area contributed by atoms with Gasteiger partial charge in [0.05, 0.1) is 5.92 Å². The smallest absolute Gasteiger partial charge is 0.308 e. The Morgan fingerprint density at radius 2 is 2.00 bits per heavy atom. The molecule has 1 heterocycles. The van der Waals surface area contributed by atoms with Crippen LogP contribution >= 0.6 is 0 Å². The van der Waals surface area contributed by atoms with Crippen molar-refractivity contribution in [1.29, 1.82) is 0 Å². The molecule has 2 unspecified atom stereocenters. The van der Waals surface area contributed by atoms with Crippen LogP contribution in [0, 0.1) is 11.8 Å². The van der Waals surface area contributed by atoms with Crippen LogP contribution in [0.3, 0.4) is 0 Å². The van der Waals surface area contributed by atoms with Crippen LogP contribution in [0.25, 0.3) is 0 Å². The number of rotatable bonds is 6. The molecule has 6 nitrogen and oxygen atoms in total. The highest BCUT2D eigenvalue weighted by Crippen LogP contribution is 2.26. The maximum atomic E-state index is 11.9. The predicted octanol–water partition coefficient (Wildman–Crippen LogP) is 2.50. The molecule has 23 heavy (non-hydrogen) atoms. The number of anilines is 2. The van der Waals surface area contributed by atoms with Crippen LogP contribution in [-0.2, 0) is 14.4 Å². The molecule has 0 radical (unpaired) electrons. The zero-order valence-electron chi connectivity index (χ0n) is 13.4. The summed E-state index contributed by atoms with van der Waals surface area (Å²) in [5, 5.41) is 11.8. The van der Waals surface area contributed by atoms with Gasteiger partial charge in [-0.05, 0) is 30.2 Å². The Kier molecular flexibility index (Phi) is 5.36. The molecule has 1 aliphatic heterocycles. The molecule has 0 bridgehead atoms. The van der Waals surface area contributed by atoms with Crippen LogP contribution in [0.15, 0.2) is 24.3 Å². The molecule has 0 aromatic heterocycles. The SMILES string of the molecule is CCC(C)CC(=O)Nc1ccc(N2CC(C(=O)O)CC2=O)cc1. The van der Waals surface area contributed by atoms with E-state index in [1.165, 1.54) is 4.90 Å². The van der Waals surface area contributed by atoms with Crippen LogP contribution in [0.2, 0.25) is 0 Å². The first-order valence-corrected chi connectivity index (χ1v) is 7.83. The highest BCUT2D eigenvalue weighted by Gasteiger charge is 2.34. The van der Waals surface area contributed by atoms with Crippen molar-refractivity contribution in [3.63, 3.8) is 0 Å². The number of amides is 2. The van der Waals surface area contributed by atoms with E-state index in [1.807, 2.05) is 13.8 Å². The molecule has 2 atom stereocenters. The lowest BCUT2D eigenvalue weighted by atomic mass is 10.1. The maximum Gasteiger partial charge on any atom is 0.308 e. The molecule has 1 saturated heterocycles. The van der Waals surface area contributed by atoms with E-state index in [-0.39, 0.29) is 24.8 Å². The molecule has 1 aliphatic rings. The van der Waals surface area contributed by atoms with Crippen LogP contribution in [0.4, 0.5) is 11.4 Å². The van der Waals surface area contributed by atoms with Gasteiger partial charge >= 0.3 is 5.97 Å². The first-order chi connectivity index (χ1) is 10.9. The molecular weight excluding hydrogens is 296 g/mol. The van der Waals surface area contributed by atoms with E-state index >= 15 is 0 Å². The van der Waals surface area contributed by atoms with Gasteiger partial charge < -0.3 is 15.3 Å². The van der Waals surface area contributed by atoms with Crippen LogP contribution < -0.4 is 10.2 Å². The number of carboxylic acid groups (broad SMARTS) is 1. The second kappa shape index (κ2) is 7.26. The van der Waals surface area contributed by atoms with Gasteiger partial charge in [-0.1, -0.05) is 20.3 Å². The number of carbonyl (C=O) groups is 3. The summed E-state index contributed by atoms with van der Waals surface area (Å²) in [7, 11) is 0. The van der Waals surface area contributed by atoms with Crippen LogP contribution in [0.5, 0.6) is 0 Å². The summed E-state index contributed by atoms with van der Waals surface area (Å²) in [5.74, 6) is -1.49. The summed E-state index contributed by atoms with van der Waals surface area (Å²) < 4.78 is 0. The Bertz CT molecular complexity index is 597. The average Bonchev–Trinajstić information content (AvgIpc) is 2.90. The van der Waals surface area contributed by atoms with E-state index in [0.29, 0.717) is 23.7 Å². The number of hydrogen-bond acceptors (Lipinski definition) is 3. The van der Waals surface area contributed by atoms with E-state index in [1.54, 1.807) is 24.3 Å². The highest BCUT2D eigenvalue weighted by molar-refractivity contribution is 5.99. The van der Waals surface area contributed by atoms with Gasteiger partial charge in [-0.15, -0.1) is 0 Å². The Balaban J connectivity index is 1.98. The van der Waals surface area contributed by atoms with Gasteiger partial charge in [0.15, 0.2) is 0 Å². The van der Waals surface area contributed by atoms with Gasteiger partial charge in [0.2, 0.25) is 11.8 Å². The van der Waals surface area contributed by atoms with Crippen molar-refractivity contribution >= 4 is 29.2 Å². The second-order valence-electron chi connectivity index (χ2n) is 6.06. The van der Waals surface area contributed by atoms with Gasteiger partial charge in [0, 0.05) is 30.8 Å². The number of carboxylic acids is 1. The normalized spacial score (nSPS) is 18.8. The van der Waals surface area contributed by atoms with Crippen molar-refractivity contribution in [2.24, 2.45) is 11.8 Å². The number of nitrogens with zero attached hydrogens (tertiary/aromatic N) is 1. The molecule has 1 aromatic carbocycles. The molecule has 2 amide bonds. The molecule has 0 aliphatic carbocycles. The quantitative estimate of drug-likeness (QED) is 0.843. The molecule has 1 aromatic rings. The summed E-state index contributed by atoms with van der Waals surface area (Å²) in [5.41, 5.74) is 1.32. The van der Waals surface area contributed by atoms with Crippen molar-refractivity contribution in [1.82, 2.24) is 0 Å². The number of carbonyl (C=O) groups excluding carboxylic acids is 2. The van der Waals surface area contributed by atoms with E-state index in [4.69, 9.17) is 5.11 Å². The Labute approximate surface area is 135 Å². The average molecular weight is 318 g/mol. The monoisotopic (exact) mass is 318 g/mol. The summed E-state index contributed by atoms with van der Waals surface area (Å²) in [4.78, 5) is 36.2. The molecule has 0 spiro atoms. The fourth-order valence-electron chi connectivity index (χ4n) is 2.52. The number of benzene rings is 1. The summed E-state index contributed by atoms with van der Waals surface area (Å²) >= 11 is 0. The van der Waals surface area contributed by atoms with Crippen molar-refractivity contribution in [2.45, 2.75) is 33.1 Å². The molecule has 124 valence electrons. The van der Waals surface area contributed by atoms with Crippen LogP contribution in [-0.4, -0.2) is 29.4 Å². The molecule has 1 fully saturated rings. The summed E-state index contributed by atoms with van der Waals surface area (Å²) in [6.07, 6.45) is 1.46. The molecule has 0 saturated carbocycles. The lowest BCUT2D eigenvalue weighted by Crippen LogP contribution is -2.25. The Morgan fingerprint density at radius 1 is 1.35 bits per heavy atom. The van der Waals surface area contributed by atoms with Crippen molar-refractivity contribution in [3.05, 3.63) is 24.3 Å². The lowest BCUT2D eigenvalue weighted by molar-refractivity contribution is -0.141. The van der Waals surface area contributed by atoms with Crippen molar-refractivity contribution in [3.8, 4) is 0 Å². The minimum absolute atomic E-state index is 0.0305. The number of hydrogen-bond donors (Lipinski definition) is 2. The number of aliphatic carboxylic acids is 1. The fraction of sp³-hybridized carbons (Fsp3) is 0.471. The Hall–Kier alpha value is -2.37. The van der Waals surface area contributed by atoms with E-state index in [9.17, 15) is 14.4 Å². The van der Waals surface area contributed by atoms with Crippen molar-refractivity contribution in [2.75, 3.05) is 16.8 Å². The van der Waals surface area contributed by atoms with Gasteiger partial charge in [-0.25, -0.2) is 0 Å². The topological polar surface area (TPSA) is 86.7 Å². The zero-order valence-corrected chi connectivity index (χ0v) is 13.4. The van der Waals surface area contributed by atoms with E-state index in [0.717, 1.165) is 6.42 Å². The largest absolute Gasteiger partial charge is 0.481 e. The molecular formula is C17H22N2O4. The fourth-order valence-corrected chi connectivity index (χ4v) is 2.52. The summed E-state index contributed by atoms with van der Waals surface area (Å²) in [6.45, 7) is 4.26. The van der Waals surface area contributed by atoms with Crippen LogP contribution in [0.1, 0.15) is 33.1 Å². The first kappa shape index (κ1) is 17.0. The standard InChI is InChI=1S/C17H22N2O4/c1-3-11(2)8-15(20)18-13-4-6-14(7-5-13)19-10-12(17(22)23)9-16(19)21/h4-7,11-12H,3,8-10H2,1-2H3,(H,18,20)(H,22,23). The highest BCUT2D eigenvalue weighted by atomic mass is 16.4. The van der Waals surface area contributed by atoms with Gasteiger partial charge in [0.25, 0.3) is 0 Å². The third-order valence-electron chi connectivity index (χ3n) is 4.17. The minimum atomic E-state index is -0.949. The Morgan fingerprint density at radius 3 is 2.52 bits per heavy atom. The first-order valence-electron chi connectivity index (χ1n) is 7.83. The molecule has 2 rings (SSSR count). The van der Waals surface area contributed by atoms with Gasteiger partial charge in [0.1, 0.15) is 0 Å². The van der Waals surface area contributed by atoms with Gasteiger partial charge in [-0.3, -0.25) is 14.4 Å². The molecule has 2 N–H and O–H groups in total. The third kappa shape index (κ3) is 4.31. The predicted molar refractivity (Wildman–Crippen MR) is 87.2 cm³/mol. The summed E-state index contributed by atoms with van der Waals surface area (Å²) in [6, 6.07) is 6.90. The zero-order chi connectivity index (χ0) is 17.0. The lowest BCUT2D eigenvalue weighted by Gasteiger charge is -2.17.